The van der Waals surface area contributed by atoms with Gasteiger partial charge in [0.1, 0.15) is 0 Å². The molecule has 0 radical (unpaired) electrons. The van der Waals surface area contributed by atoms with Crippen molar-refractivity contribution in [3.8, 4) is 23.0 Å². The average Bonchev–Trinajstić information content (AvgIpc) is 2.88. The Kier molecular flexibility index (Phi) is 6.43. The lowest BCUT2D eigenvalue weighted by Crippen LogP contribution is -2.15. The zero-order valence-corrected chi connectivity index (χ0v) is 17.5. The molecule has 0 fully saturated rings. The Morgan fingerprint density at radius 1 is 0.879 bits per heavy atom. The molecular weight excluding hydrogens is 418 g/mol. The van der Waals surface area contributed by atoms with Crippen molar-refractivity contribution >= 4 is 17.6 Å². The van der Waals surface area contributed by atoms with E-state index in [1.54, 1.807) is 61.1 Å². The first-order chi connectivity index (χ1) is 16.2. The standard InChI is InChI=1S/C25H17N5O3/c1-33-25(32)20-10-13-27-16-21(20)19-9-8-17(6-7-18-4-2-11-26-15-18)14-23(19)29-24(31)22-5-3-12-28-30-22/h2-5,8-16H,1H3,(H,29,31). The van der Waals surface area contributed by atoms with Gasteiger partial charge >= 0.3 is 5.97 Å². The van der Waals surface area contributed by atoms with E-state index in [-0.39, 0.29) is 5.69 Å². The highest BCUT2D eigenvalue weighted by Crippen LogP contribution is 2.32. The molecule has 1 amide bonds. The molecule has 0 aliphatic heterocycles. The molecule has 0 aliphatic rings. The summed E-state index contributed by atoms with van der Waals surface area (Å²) in [4.78, 5) is 33.3. The fourth-order valence-electron chi connectivity index (χ4n) is 3.05. The lowest BCUT2D eigenvalue weighted by atomic mass is 9.98. The number of nitrogens with one attached hydrogen (secondary N) is 1. The lowest BCUT2D eigenvalue weighted by molar-refractivity contribution is 0.0601. The first kappa shape index (κ1) is 21.3. The van der Waals surface area contributed by atoms with Crippen LogP contribution in [-0.2, 0) is 4.74 Å². The van der Waals surface area contributed by atoms with Crippen LogP contribution in [0.3, 0.4) is 0 Å². The molecule has 1 aromatic carbocycles. The van der Waals surface area contributed by atoms with Crippen LogP contribution in [0.5, 0.6) is 0 Å². The van der Waals surface area contributed by atoms with Crippen molar-refractivity contribution in [3.63, 3.8) is 0 Å². The molecule has 0 unspecified atom stereocenters. The predicted molar refractivity (Wildman–Crippen MR) is 121 cm³/mol. The minimum absolute atomic E-state index is 0.148. The molecule has 1 N–H and O–H groups in total. The molecule has 4 aromatic rings. The number of nitrogens with zero attached hydrogens (tertiary/aromatic N) is 4. The third-order valence-electron chi connectivity index (χ3n) is 4.60. The van der Waals surface area contributed by atoms with E-state index in [2.05, 4.69) is 37.3 Å². The highest BCUT2D eigenvalue weighted by Gasteiger charge is 2.18. The summed E-state index contributed by atoms with van der Waals surface area (Å²) in [5, 5.41) is 10.4. The average molecular weight is 435 g/mol. The molecule has 3 heterocycles. The minimum Gasteiger partial charge on any atom is -0.465 e. The maximum atomic E-state index is 12.8. The summed E-state index contributed by atoms with van der Waals surface area (Å²) in [7, 11) is 1.31. The summed E-state index contributed by atoms with van der Waals surface area (Å²) in [6, 6.07) is 13.7. The second-order valence-electron chi connectivity index (χ2n) is 6.73. The van der Waals surface area contributed by atoms with Gasteiger partial charge in [0.05, 0.1) is 18.4 Å². The number of benzene rings is 1. The van der Waals surface area contributed by atoms with Crippen molar-refractivity contribution in [2.75, 3.05) is 12.4 Å². The summed E-state index contributed by atoms with van der Waals surface area (Å²) in [6.45, 7) is 0. The van der Waals surface area contributed by atoms with Crippen molar-refractivity contribution in [3.05, 3.63) is 102 Å². The summed E-state index contributed by atoms with van der Waals surface area (Å²) in [5.41, 5.74) is 3.39. The maximum Gasteiger partial charge on any atom is 0.338 e. The van der Waals surface area contributed by atoms with E-state index in [4.69, 9.17) is 4.74 Å². The molecule has 0 spiro atoms. The number of aromatic nitrogens is 4. The van der Waals surface area contributed by atoms with Crippen molar-refractivity contribution in [1.29, 1.82) is 0 Å². The Hall–Kier alpha value is -4.90. The molecule has 33 heavy (non-hydrogen) atoms. The minimum atomic E-state index is -0.515. The first-order valence-electron chi connectivity index (χ1n) is 9.83. The zero-order chi connectivity index (χ0) is 23.0. The van der Waals surface area contributed by atoms with Gasteiger partial charge in [-0.3, -0.25) is 14.8 Å². The van der Waals surface area contributed by atoms with E-state index in [1.165, 1.54) is 19.5 Å². The topological polar surface area (TPSA) is 107 Å². The quantitative estimate of drug-likeness (QED) is 0.387. The van der Waals surface area contributed by atoms with Gasteiger partial charge in [0.15, 0.2) is 5.69 Å². The fourth-order valence-corrected chi connectivity index (χ4v) is 3.05. The number of hydrogen-bond donors (Lipinski definition) is 1. The lowest BCUT2D eigenvalue weighted by Gasteiger charge is -2.14. The van der Waals surface area contributed by atoms with Crippen LogP contribution in [0.1, 0.15) is 32.0 Å². The van der Waals surface area contributed by atoms with E-state index in [0.29, 0.717) is 27.9 Å². The summed E-state index contributed by atoms with van der Waals surface area (Å²) < 4.78 is 4.90. The van der Waals surface area contributed by atoms with Crippen molar-refractivity contribution < 1.29 is 14.3 Å². The monoisotopic (exact) mass is 435 g/mol. The number of hydrogen-bond acceptors (Lipinski definition) is 7. The van der Waals surface area contributed by atoms with E-state index < -0.39 is 11.9 Å². The maximum absolute atomic E-state index is 12.8. The molecule has 4 rings (SSSR count). The second kappa shape index (κ2) is 9.94. The number of ether oxygens (including phenoxy) is 1. The first-order valence-corrected chi connectivity index (χ1v) is 9.83. The van der Waals surface area contributed by atoms with Crippen molar-refractivity contribution in [1.82, 2.24) is 20.2 Å². The van der Waals surface area contributed by atoms with Crippen molar-refractivity contribution in [2.24, 2.45) is 0 Å². The summed E-state index contributed by atoms with van der Waals surface area (Å²) in [6.07, 6.45) is 7.86. The SMILES string of the molecule is COC(=O)c1ccncc1-c1ccc(C#Cc2cccnc2)cc1NC(=O)c1cccnn1. The van der Waals surface area contributed by atoms with Crippen LogP contribution >= 0.6 is 0 Å². The molecule has 8 heteroatoms. The number of carbonyl (C=O) groups excluding carboxylic acids is 2. The fraction of sp³-hybridized carbons (Fsp3) is 0.0400. The molecule has 160 valence electrons. The van der Waals surface area contributed by atoms with Gasteiger partial charge in [-0.05, 0) is 42.5 Å². The van der Waals surface area contributed by atoms with E-state index in [9.17, 15) is 9.59 Å². The second-order valence-corrected chi connectivity index (χ2v) is 6.73. The van der Waals surface area contributed by atoms with Crippen LogP contribution in [0.25, 0.3) is 11.1 Å². The molecule has 0 bridgehead atoms. The van der Waals surface area contributed by atoms with Crippen LogP contribution in [0.2, 0.25) is 0 Å². The van der Waals surface area contributed by atoms with Gasteiger partial charge in [-0.2, -0.15) is 5.10 Å². The Morgan fingerprint density at radius 3 is 2.45 bits per heavy atom. The third-order valence-corrected chi connectivity index (χ3v) is 4.60. The third kappa shape index (κ3) is 5.06. The molecular formula is C25H17N5O3. The number of carbonyl (C=O) groups is 2. The normalized spacial score (nSPS) is 9.97. The Labute approximate surface area is 189 Å². The Bertz CT molecular complexity index is 1360. The summed E-state index contributed by atoms with van der Waals surface area (Å²) >= 11 is 0. The molecule has 8 nitrogen and oxygen atoms in total. The molecule has 0 saturated carbocycles. The smallest absolute Gasteiger partial charge is 0.338 e. The van der Waals surface area contributed by atoms with Crippen LogP contribution in [0, 0.1) is 11.8 Å². The number of pyridine rings is 2. The Balaban J connectivity index is 1.79. The van der Waals surface area contributed by atoms with E-state index in [0.717, 1.165) is 5.56 Å². The highest BCUT2D eigenvalue weighted by atomic mass is 16.5. The molecule has 3 aromatic heterocycles. The van der Waals surface area contributed by atoms with Gasteiger partial charge in [-0.15, -0.1) is 5.10 Å². The molecule has 0 aliphatic carbocycles. The number of amides is 1. The zero-order valence-electron chi connectivity index (χ0n) is 17.5. The molecule has 0 saturated heterocycles. The highest BCUT2D eigenvalue weighted by molar-refractivity contribution is 6.06. The van der Waals surface area contributed by atoms with Crippen molar-refractivity contribution in [2.45, 2.75) is 0 Å². The van der Waals surface area contributed by atoms with Crippen LogP contribution in [-0.4, -0.2) is 39.2 Å². The van der Waals surface area contributed by atoms with Gasteiger partial charge in [-0.25, -0.2) is 4.79 Å². The number of anilines is 1. The van der Waals surface area contributed by atoms with E-state index >= 15 is 0 Å². The van der Waals surface area contributed by atoms with Gasteiger partial charge in [0, 0.05) is 53.2 Å². The van der Waals surface area contributed by atoms with Gasteiger partial charge < -0.3 is 10.1 Å². The number of methoxy groups -OCH3 is 1. The van der Waals surface area contributed by atoms with Crippen LogP contribution in [0.15, 0.2) is 79.5 Å². The molecule has 0 atom stereocenters. The number of esters is 1. The van der Waals surface area contributed by atoms with E-state index in [1.807, 2.05) is 6.07 Å². The largest absolute Gasteiger partial charge is 0.465 e. The van der Waals surface area contributed by atoms with Gasteiger partial charge in [-0.1, -0.05) is 17.9 Å². The number of rotatable bonds is 4. The summed E-state index contributed by atoms with van der Waals surface area (Å²) in [5.74, 6) is 5.13. The Morgan fingerprint density at radius 2 is 1.70 bits per heavy atom. The van der Waals surface area contributed by atoms with Gasteiger partial charge in [0.25, 0.3) is 5.91 Å². The van der Waals surface area contributed by atoms with Crippen LogP contribution in [0.4, 0.5) is 5.69 Å². The van der Waals surface area contributed by atoms with Crippen LogP contribution < -0.4 is 5.32 Å². The van der Waals surface area contributed by atoms with Gasteiger partial charge in [0.2, 0.25) is 0 Å². The predicted octanol–water partition coefficient (Wildman–Crippen LogP) is 3.37.